The lowest BCUT2D eigenvalue weighted by Crippen LogP contribution is -2.36. The van der Waals surface area contributed by atoms with Gasteiger partial charge in [0.15, 0.2) is 17.3 Å². The molecule has 31 heavy (non-hydrogen) atoms. The Bertz CT molecular complexity index is 1110. The van der Waals surface area contributed by atoms with E-state index in [9.17, 15) is 9.90 Å². The number of carbonyl (C=O) groups excluding carboxylic acids is 1. The van der Waals surface area contributed by atoms with Gasteiger partial charge >= 0.3 is 0 Å². The van der Waals surface area contributed by atoms with Crippen molar-refractivity contribution in [3.63, 3.8) is 0 Å². The van der Waals surface area contributed by atoms with E-state index in [0.29, 0.717) is 47.3 Å². The Balaban J connectivity index is 1.70. The summed E-state index contributed by atoms with van der Waals surface area (Å²) in [7, 11) is 3.19. The molecule has 2 heterocycles. The first-order valence-electron chi connectivity index (χ1n) is 9.89. The van der Waals surface area contributed by atoms with Crippen LogP contribution in [0.3, 0.4) is 0 Å². The highest BCUT2D eigenvalue weighted by molar-refractivity contribution is 6.30. The van der Waals surface area contributed by atoms with Gasteiger partial charge in [-0.2, -0.15) is 0 Å². The quantitative estimate of drug-likeness (QED) is 0.635. The molecule has 1 aliphatic heterocycles. The molecule has 0 saturated carbocycles. The first-order chi connectivity index (χ1) is 14.9. The maximum atomic E-state index is 13.6. The third-order valence-electron chi connectivity index (χ3n) is 5.43. The van der Waals surface area contributed by atoms with Crippen LogP contribution in [0.25, 0.3) is 11.3 Å². The Hall–Kier alpha value is -3.03. The Morgan fingerprint density at radius 3 is 2.42 bits per heavy atom. The number of carbonyl (C=O) groups is 1. The number of aromatic nitrogens is 1. The van der Waals surface area contributed by atoms with Crippen LogP contribution in [-0.4, -0.2) is 41.8 Å². The first kappa shape index (κ1) is 21.2. The molecule has 1 N–H and O–H groups in total. The molecule has 1 amide bonds. The van der Waals surface area contributed by atoms with Gasteiger partial charge in [0.1, 0.15) is 17.4 Å². The Kier molecular flexibility index (Phi) is 5.89. The summed E-state index contributed by atoms with van der Waals surface area (Å²) in [6.45, 7) is 2.47. The second kappa shape index (κ2) is 8.61. The van der Waals surface area contributed by atoms with Crippen molar-refractivity contribution in [1.29, 1.82) is 0 Å². The number of halogens is 1. The van der Waals surface area contributed by atoms with E-state index in [1.807, 2.05) is 12.1 Å². The summed E-state index contributed by atoms with van der Waals surface area (Å²) in [6, 6.07) is 10.8. The number of methoxy groups -OCH3 is 2. The van der Waals surface area contributed by atoms with Gasteiger partial charge in [0.25, 0.3) is 5.91 Å². The van der Waals surface area contributed by atoms with Gasteiger partial charge in [-0.1, -0.05) is 28.9 Å². The van der Waals surface area contributed by atoms with Crippen molar-refractivity contribution in [1.82, 2.24) is 10.1 Å². The maximum absolute atomic E-state index is 13.6. The average Bonchev–Trinajstić information content (AvgIpc) is 3.23. The molecule has 1 unspecified atom stereocenters. The molecule has 0 saturated heterocycles. The van der Waals surface area contributed by atoms with Crippen molar-refractivity contribution in [2.45, 2.75) is 26.0 Å². The van der Waals surface area contributed by atoms with Crippen molar-refractivity contribution in [2.75, 3.05) is 20.8 Å². The molecule has 0 spiro atoms. The molecule has 7 nitrogen and oxygen atoms in total. The van der Waals surface area contributed by atoms with Gasteiger partial charge in [0.2, 0.25) is 0 Å². The van der Waals surface area contributed by atoms with Gasteiger partial charge < -0.3 is 24.0 Å². The van der Waals surface area contributed by atoms with Crippen LogP contribution in [0.2, 0.25) is 5.02 Å². The molecule has 1 aromatic heterocycles. The van der Waals surface area contributed by atoms with Crippen molar-refractivity contribution in [3.8, 4) is 22.8 Å². The number of aliphatic hydroxyl groups excluding tert-OH is 1. The minimum Gasteiger partial charge on any atom is -0.493 e. The average molecular weight is 443 g/mol. The smallest absolute Gasteiger partial charge is 0.260 e. The van der Waals surface area contributed by atoms with Crippen LogP contribution in [0.4, 0.5) is 0 Å². The third-order valence-corrected chi connectivity index (χ3v) is 5.69. The highest BCUT2D eigenvalue weighted by Crippen LogP contribution is 2.35. The zero-order valence-electron chi connectivity index (χ0n) is 17.5. The predicted octanol–water partition coefficient (Wildman–Crippen LogP) is 4.26. The number of fused-ring (bicyclic) bond motifs is 1. The highest BCUT2D eigenvalue weighted by atomic mass is 35.5. The molecule has 0 aliphatic carbocycles. The standard InChI is InChI=1S/C23H23ClN2O5/c1-13(27)22-20(21(25-31-22)14-4-6-17(24)7-5-14)23(28)26-9-8-15-10-18(29-2)19(30-3)11-16(15)12-26/h4-7,10-11,13,27H,8-9,12H2,1-3H3. The van der Waals surface area contributed by atoms with Crippen molar-refractivity contribution in [2.24, 2.45) is 0 Å². The van der Waals surface area contributed by atoms with E-state index in [4.69, 9.17) is 25.6 Å². The number of amides is 1. The lowest BCUT2D eigenvalue weighted by Gasteiger charge is -2.30. The van der Waals surface area contributed by atoms with Crippen LogP contribution in [0.1, 0.15) is 40.3 Å². The number of nitrogens with zero attached hydrogens (tertiary/aromatic N) is 2. The Morgan fingerprint density at radius 2 is 1.81 bits per heavy atom. The second-order valence-corrected chi connectivity index (χ2v) is 7.84. The van der Waals surface area contributed by atoms with Crippen LogP contribution in [0, 0.1) is 0 Å². The van der Waals surface area contributed by atoms with Gasteiger partial charge in [-0.25, -0.2) is 0 Å². The normalized spacial score (nSPS) is 14.2. The molecule has 2 aromatic carbocycles. The van der Waals surface area contributed by atoms with E-state index in [-0.39, 0.29) is 17.2 Å². The summed E-state index contributed by atoms with van der Waals surface area (Å²) in [5.41, 5.74) is 3.44. The monoisotopic (exact) mass is 442 g/mol. The number of hydrogen-bond acceptors (Lipinski definition) is 6. The van der Waals surface area contributed by atoms with Gasteiger partial charge in [0.05, 0.1) is 14.2 Å². The fraction of sp³-hybridized carbons (Fsp3) is 0.304. The summed E-state index contributed by atoms with van der Waals surface area (Å²) < 4.78 is 16.2. The van der Waals surface area contributed by atoms with Crippen molar-refractivity contribution in [3.05, 3.63) is 63.9 Å². The van der Waals surface area contributed by atoms with E-state index in [2.05, 4.69) is 5.16 Å². The molecule has 1 aliphatic rings. The van der Waals surface area contributed by atoms with E-state index < -0.39 is 6.10 Å². The molecule has 0 fully saturated rings. The topological polar surface area (TPSA) is 85.0 Å². The third kappa shape index (κ3) is 3.98. The maximum Gasteiger partial charge on any atom is 0.260 e. The SMILES string of the molecule is COc1cc2c(cc1OC)CN(C(=O)c1c(-c3ccc(Cl)cc3)noc1C(C)O)CC2. The first-order valence-corrected chi connectivity index (χ1v) is 10.3. The van der Waals surface area contributed by atoms with Crippen molar-refractivity contribution < 1.29 is 23.9 Å². The fourth-order valence-corrected chi connectivity index (χ4v) is 3.94. The molecule has 162 valence electrons. The van der Waals surface area contributed by atoms with E-state index in [1.54, 1.807) is 50.3 Å². The molecule has 3 aromatic rings. The summed E-state index contributed by atoms with van der Waals surface area (Å²) in [5, 5.41) is 14.8. The van der Waals surface area contributed by atoms with Gasteiger partial charge in [-0.3, -0.25) is 4.79 Å². The highest BCUT2D eigenvalue weighted by Gasteiger charge is 2.32. The second-order valence-electron chi connectivity index (χ2n) is 7.41. The van der Waals surface area contributed by atoms with Crippen LogP contribution >= 0.6 is 11.6 Å². The van der Waals surface area contributed by atoms with E-state index in [1.165, 1.54) is 0 Å². The fourth-order valence-electron chi connectivity index (χ4n) is 3.81. The minimum absolute atomic E-state index is 0.146. The number of ether oxygens (including phenoxy) is 2. The lowest BCUT2D eigenvalue weighted by molar-refractivity contribution is 0.0723. The minimum atomic E-state index is -0.978. The Morgan fingerprint density at radius 1 is 1.16 bits per heavy atom. The predicted molar refractivity (Wildman–Crippen MR) is 116 cm³/mol. The zero-order chi connectivity index (χ0) is 22.1. The van der Waals surface area contributed by atoms with Crippen LogP contribution in [-0.2, 0) is 13.0 Å². The van der Waals surface area contributed by atoms with Gasteiger partial charge in [-0.15, -0.1) is 0 Å². The van der Waals surface area contributed by atoms with Crippen LogP contribution in [0.5, 0.6) is 11.5 Å². The van der Waals surface area contributed by atoms with E-state index in [0.717, 1.165) is 11.1 Å². The summed E-state index contributed by atoms with van der Waals surface area (Å²) >= 11 is 5.99. The van der Waals surface area contributed by atoms with Crippen LogP contribution < -0.4 is 9.47 Å². The Labute approximate surface area is 185 Å². The number of aliphatic hydroxyl groups is 1. The summed E-state index contributed by atoms with van der Waals surface area (Å²) in [5.74, 6) is 1.18. The summed E-state index contributed by atoms with van der Waals surface area (Å²) in [4.78, 5) is 15.3. The lowest BCUT2D eigenvalue weighted by atomic mass is 9.97. The number of rotatable bonds is 5. The molecule has 0 radical (unpaired) electrons. The number of hydrogen-bond donors (Lipinski definition) is 1. The van der Waals surface area contributed by atoms with Gasteiger partial charge in [0, 0.05) is 23.7 Å². The molecular weight excluding hydrogens is 420 g/mol. The van der Waals surface area contributed by atoms with Gasteiger partial charge in [-0.05, 0) is 48.7 Å². The molecule has 4 rings (SSSR count). The van der Waals surface area contributed by atoms with Crippen LogP contribution in [0.15, 0.2) is 40.9 Å². The molecular formula is C23H23ClN2O5. The number of benzene rings is 2. The molecule has 1 atom stereocenters. The largest absolute Gasteiger partial charge is 0.493 e. The molecule has 0 bridgehead atoms. The van der Waals surface area contributed by atoms with Crippen molar-refractivity contribution >= 4 is 17.5 Å². The zero-order valence-corrected chi connectivity index (χ0v) is 18.3. The summed E-state index contributed by atoms with van der Waals surface area (Å²) in [6.07, 6.45) is -0.304. The molecule has 8 heteroatoms. The van der Waals surface area contributed by atoms with E-state index >= 15 is 0 Å².